The number of nitrogens with zero attached hydrogens (tertiary/aromatic N) is 4. The van der Waals surface area contributed by atoms with Crippen LogP contribution in [0.15, 0.2) is 47.4 Å². The number of piperidine rings is 1. The van der Waals surface area contributed by atoms with E-state index in [-0.39, 0.29) is 11.4 Å². The summed E-state index contributed by atoms with van der Waals surface area (Å²) in [4.78, 5) is 21.8. The van der Waals surface area contributed by atoms with Gasteiger partial charge in [0.1, 0.15) is 17.4 Å². The van der Waals surface area contributed by atoms with Crippen LogP contribution in [0.1, 0.15) is 36.1 Å². The van der Waals surface area contributed by atoms with Gasteiger partial charge in [-0.1, -0.05) is 30.7 Å². The fourth-order valence-electron chi connectivity index (χ4n) is 4.43. The van der Waals surface area contributed by atoms with Crippen molar-refractivity contribution in [2.45, 2.75) is 32.4 Å². The molecule has 0 amide bonds. The number of nitriles is 1. The highest BCUT2D eigenvalue weighted by molar-refractivity contribution is 5.96. The van der Waals surface area contributed by atoms with Crippen molar-refractivity contribution in [2.24, 2.45) is 5.18 Å². The molecule has 7 heteroatoms. The zero-order chi connectivity index (χ0) is 20.5. The van der Waals surface area contributed by atoms with Crippen molar-refractivity contribution in [2.75, 3.05) is 13.1 Å². The first kappa shape index (κ1) is 18.5. The van der Waals surface area contributed by atoms with Crippen LogP contribution in [-0.2, 0) is 13.1 Å². The van der Waals surface area contributed by atoms with Gasteiger partial charge in [0.05, 0.1) is 6.54 Å². The van der Waals surface area contributed by atoms with E-state index >= 15 is 0 Å². The summed E-state index contributed by atoms with van der Waals surface area (Å²) in [5, 5.41) is 16.2. The first-order chi connectivity index (χ1) is 14.8. The third-order valence-corrected chi connectivity index (χ3v) is 5.99. The van der Waals surface area contributed by atoms with Crippen LogP contribution in [0.2, 0.25) is 0 Å². The highest BCUT2D eigenvalue weighted by Crippen LogP contribution is 2.35. The maximum atomic E-state index is 11.5. The van der Waals surface area contributed by atoms with Gasteiger partial charge in [-0.25, -0.2) is 4.98 Å². The Bertz CT molecular complexity index is 1180. The molecule has 3 aromatic rings. The van der Waals surface area contributed by atoms with E-state index in [1.54, 1.807) is 0 Å². The molecule has 2 aromatic heterocycles. The number of hydrogen-bond donors (Lipinski definition) is 2. The number of allylic oxidation sites excluding steroid dienone is 1. The van der Waals surface area contributed by atoms with E-state index in [1.165, 1.54) is 37.9 Å². The number of nitrogens with one attached hydrogen (secondary N) is 2. The van der Waals surface area contributed by atoms with Gasteiger partial charge in [0.25, 0.3) is 0 Å². The third-order valence-electron chi connectivity index (χ3n) is 5.99. The second kappa shape index (κ2) is 7.73. The van der Waals surface area contributed by atoms with E-state index in [4.69, 9.17) is 0 Å². The van der Waals surface area contributed by atoms with Crippen molar-refractivity contribution in [3.8, 4) is 17.2 Å². The van der Waals surface area contributed by atoms with Crippen molar-refractivity contribution < 1.29 is 0 Å². The Morgan fingerprint density at radius 1 is 1.13 bits per heavy atom. The number of aromatic amines is 1. The first-order valence-corrected chi connectivity index (χ1v) is 10.3. The van der Waals surface area contributed by atoms with Gasteiger partial charge in [0, 0.05) is 34.9 Å². The fourth-order valence-corrected chi connectivity index (χ4v) is 4.43. The Labute approximate surface area is 174 Å². The summed E-state index contributed by atoms with van der Waals surface area (Å²) in [5.41, 5.74) is 5.87. The van der Waals surface area contributed by atoms with E-state index in [9.17, 15) is 10.2 Å². The van der Waals surface area contributed by atoms with E-state index in [0.717, 1.165) is 28.8 Å². The van der Waals surface area contributed by atoms with Crippen LogP contribution in [0.5, 0.6) is 0 Å². The molecule has 0 saturated carbocycles. The maximum absolute atomic E-state index is 11.5. The standard InChI is InChI=1S/C23H22N6O/c24-11-19-22(28-30)21-18-10-17(12-26-23(18)27-20(21)13-25-19)16-6-4-15(5-7-16)14-29-8-2-1-3-9-29/h4-7,10,12,25H,1-3,8-9,13-14H2,(H,26,27). The molecule has 0 atom stereocenters. The quantitative estimate of drug-likeness (QED) is 0.640. The van der Waals surface area contributed by atoms with Crippen LogP contribution >= 0.6 is 0 Å². The van der Waals surface area contributed by atoms with Gasteiger partial charge in [0.2, 0.25) is 0 Å². The summed E-state index contributed by atoms with van der Waals surface area (Å²) in [5.74, 6) is 0. The van der Waals surface area contributed by atoms with Gasteiger partial charge in [-0.2, -0.15) is 5.26 Å². The van der Waals surface area contributed by atoms with Crippen LogP contribution in [0.3, 0.4) is 0 Å². The monoisotopic (exact) mass is 398 g/mol. The van der Waals surface area contributed by atoms with Gasteiger partial charge in [-0.05, 0) is 48.3 Å². The summed E-state index contributed by atoms with van der Waals surface area (Å²) in [6.07, 6.45) is 5.76. The summed E-state index contributed by atoms with van der Waals surface area (Å²) in [7, 11) is 0. The minimum absolute atomic E-state index is 0.140. The SMILES string of the molecule is N#CC1=C(N=O)c2c([nH]c3ncc(-c4ccc(CN5CCCCC5)cc4)cc23)CN1. The summed E-state index contributed by atoms with van der Waals surface area (Å²) >= 11 is 0. The molecule has 5 rings (SSSR count). The molecule has 1 fully saturated rings. The Balaban J connectivity index is 1.48. The average Bonchev–Trinajstić information content (AvgIpc) is 3.17. The van der Waals surface area contributed by atoms with Crippen LogP contribution in [0.25, 0.3) is 27.9 Å². The minimum atomic E-state index is 0.140. The number of likely N-dealkylation sites (tertiary alicyclic amines) is 1. The van der Waals surface area contributed by atoms with Crippen LogP contribution in [0.4, 0.5) is 0 Å². The number of H-pyrrole nitrogens is 1. The van der Waals surface area contributed by atoms with Crippen molar-refractivity contribution in [1.82, 2.24) is 20.2 Å². The summed E-state index contributed by atoms with van der Waals surface area (Å²) in [6.45, 7) is 3.79. The zero-order valence-corrected chi connectivity index (χ0v) is 16.6. The molecule has 0 unspecified atom stereocenters. The lowest BCUT2D eigenvalue weighted by Crippen LogP contribution is -2.28. The predicted molar refractivity (Wildman–Crippen MR) is 116 cm³/mol. The second-order valence-corrected chi connectivity index (χ2v) is 7.91. The topological polar surface area (TPSA) is 97.2 Å². The summed E-state index contributed by atoms with van der Waals surface area (Å²) < 4.78 is 0. The minimum Gasteiger partial charge on any atom is -0.369 e. The van der Waals surface area contributed by atoms with Gasteiger partial charge in [0.15, 0.2) is 5.70 Å². The number of aromatic nitrogens is 2. The van der Waals surface area contributed by atoms with Crippen LogP contribution in [0, 0.1) is 16.2 Å². The van der Waals surface area contributed by atoms with E-state index in [1.807, 2.05) is 18.3 Å². The Morgan fingerprint density at radius 2 is 1.93 bits per heavy atom. The molecular formula is C23H22N6O. The Morgan fingerprint density at radius 3 is 2.67 bits per heavy atom. The van der Waals surface area contributed by atoms with Crippen LogP contribution < -0.4 is 5.32 Å². The number of fused-ring (bicyclic) bond motifs is 3. The van der Waals surface area contributed by atoms with Crippen molar-refractivity contribution in [3.63, 3.8) is 0 Å². The molecule has 30 heavy (non-hydrogen) atoms. The fraction of sp³-hybridized carbons (Fsp3) is 0.304. The normalized spacial score (nSPS) is 16.8. The molecule has 150 valence electrons. The van der Waals surface area contributed by atoms with Crippen molar-refractivity contribution >= 4 is 16.7 Å². The maximum Gasteiger partial charge on any atom is 0.151 e. The number of rotatable bonds is 4. The predicted octanol–water partition coefficient (Wildman–Crippen LogP) is 4.28. The van der Waals surface area contributed by atoms with Crippen LogP contribution in [-0.4, -0.2) is 28.0 Å². The van der Waals surface area contributed by atoms with Gasteiger partial charge >= 0.3 is 0 Å². The van der Waals surface area contributed by atoms with Crippen molar-refractivity contribution in [3.05, 3.63) is 64.0 Å². The van der Waals surface area contributed by atoms with Gasteiger partial charge in [-0.15, -0.1) is 4.91 Å². The first-order valence-electron chi connectivity index (χ1n) is 10.3. The number of benzene rings is 1. The van der Waals surface area contributed by atoms with E-state index in [2.05, 4.69) is 49.6 Å². The lowest BCUT2D eigenvalue weighted by atomic mass is 10.0. The molecule has 0 aliphatic carbocycles. The zero-order valence-electron chi connectivity index (χ0n) is 16.6. The highest BCUT2D eigenvalue weighted by Gasteiger charge is 2.25. The average molecular weight is 398 g/mol. The molecule has 1 saturated heterocycles. The van der Waals surface area contributed by atoms with E-state index < -0.39 is 0 Å². The molecule has 0 spiro atoms. The third kappa shape index (κ3) is 3.25. The molecule has 2 aliphatic rings. The van der Waals surface area contributed by atoms with E-state index in [0.29, 0.717) is 17.8 Å². The van der Waals surface area contributed by atoms with Gasteiger partial charge in [-0.3, -0.25) is 4.90 Å². The number of nitroso groups, excluding NO2 is 1. The molecule has 0 radical (unpaired) electrons. The lowest BCUT2D eigenvalue weighted by Gasteiger charge is -2.26. The molecular weight excluding hydrogens is 376 g/mol. The second-order valence-electron chi connectivity index (χ2n) is 7.91. The molecule has 2 N–H and O–H groups in total. The Kier molecular flexibility index (Phi) is 4.77. The molecule has 1 aromatic carbocycles. The molecule has 7 nitrogen and oxygen atoms in total. The lowest BCUT2D eigenvalue weighted by molar-refractivity contribution is 0.221. The number of hydrogen-bond acceptors (Lipinski definition) is 6. The smallest absolute Gasteiger partial charge is 0.151 e. The number of pyridine rings is 1. The Hall–Kier alpha value is -3.50. The van der Waals surface area contributed by atoms with Crippen molar-refractivity contribution in [1.29, 1.82) is 5.26 Å². The molecule has 0 bridgehead atoms. The highest BCUT2D eigenvalue weighted by atomic mass is 16.3. The molecule has 4 heterocycles. The largest absolute Gasteiger partial charge is 0.369 e. The van der Waals surface area contributed by atoms with Gasteiger partial charge < -0.3 is 10.3 Å². The summed E-state index contributed by atoms with van der Waals surface area (Å²) in [6, 6.07) is 12.6. The molecule has 2 aliphatic heterocycles.